The van der Waals surface area contributed by atoms with Crippen molar-refractivity contribution in [1.29, 1.82) is 5.26 Å². The minimum absolute atomic E-state index is 0.114. The maximum Gasteiger partial charge on any atom is 0.315 e. The van der Waals surface area contributed by atoms with Gasteiger partial charge in [-0.25, -0.2) is 4.79 Å². The average Bonchev–Trinajstić information content (AvgIpc) is 2.61. The monoisotopic (exact) mass is 344 g/mol. The molecule has 3 amide bonds. The van der Waals surface area contributed by atoms with Gasteiger partial charge in [0.1, 0.15) is 18.3 Å². The fourth-order valence-electron chi connectivity index (χ4n) is 2.96. The van der Waals surface area contributed by atoms with Gasteiger partial charge in [0.2, 0.25) is 5.91 Å². The fraction of sp³-hybridized carbons (Fsp3) is 0.500. The number of carbonyl (C=O) groups is 2. The van der Waals surface area contributed by atoms with Crippen molar-refractivity contribution in [2.45, 2.75) is 50.6 Å². The van der Waals surface area contributed by atoms with E-state index >= 15 is 0 Å². The topological polar surface area (TPSA) is 114 Å². The molecule has 0 heterocycles. The molecular weight excluding hydrogens is 320 g/mol. The second-order valence-corrected chi connectivity index (χ2v) is 6.25. The van der Waals surface area contributed by atoms with Crippen LogP contribution in [0.4, 0.5) is 4.79 Å². The largest absolute Gasteiger partial charge is 0.508 e. The molecule has 0 saturated heterocycles. The summed E-state index contributed by atoms with van der Waals surface area (Å²) >= 11 is 0. The van der Waals surface area contributed by atoms with E-state index in [1.807, 2.05) is 6.07 Å². The lowest BCUT2D eigenvalue weighted by molar-refractivity contribution is -0.122. The summed E-state index contributed by atoms with van der Waals surface area (Å²) in [5.74, 6) is -0.273. The Labute approximate surface area is 147 Å². The lowest BCUT2D eigenvalue weighted by Crippen LogP contribution is -2.53. The Balaban J connectivity index is 1.97. The molecule has 0 radical (unpaired) electrons. The summed E-state index contributed by atoms with van der Waals surface area (Å²) < 4.78 is 0. The summed E-state index contributed by atoms with van der Waals surface area (Å²) in [6, 6.07) is 7.28. The minimum Gasteiger partial charge on any atom is -0.508 e. The molecule has 0 aliphatic heterocycles. The van der Waals surface area contributed by atoms with Crippen LogP contribution in [0, 0.1) is 11.3 Å². The third-order valence-corrected chi connectivity index (χ3v) is 4.28. The zero-order valence-electron chi connectivity index (χ0n) is 14.1. The van der Waals surface area contributed by atoms with Crippen molar-refractivity contribution in [1.82, 2.24) is 16.0 Å². The van der Waals surface area contributed by atoms with Gasteiger partial charge in [0.05, 0.1) is 6.07 Å². The number of amides is 3. The number of phenolic OH excluding ortho intramolecular Hbond substituents is 1. The van der Waals surface area contributed by atoms with Crippen molar-refractivity contribution >= 4 is 11.9 Å². The quantitative estimate of drug-likeness (QED) is 0.587. The van der Waals surface area contributed by atoms with E-state index in [1.54, 1.807) is 12.1 Å². The first kappa shape index (κ1) is 18.6. The number of carbonyl (C=O) groups excluding carboxylic acids is 2. The highest BCUT2D eigenvalue weighted by molar-refractivity contribution is 5.87. The van der Waals surface area contributed by atoms with Crippen LogP contribution in [-0.4, -0.2) is 35.7 Å². The van der Waals surface area contributed by atoms with Crippen molar-refractivity contribution in [2.24, 2.45) is 0 Å². The van der Waals surface area contributed by atoms with Crippen LogP contribution >= 0.6 is 0 Å². The molecule has 1 aliphatic rings. The van der Waals surface area contributed by atoms with Crippen molar-refractivity contribution in [3.63, 3.8) is 0 Å². The lowest BCUT2D eigenvalue weighted by atomic mass is 9.96. The van der Waals surface area contributed by atoms with Gasteiger partial charge in [-0.15, -0.1) is 0 Å². The Morgan fingerprint density at radius 3 is 2.52 bits per heavy atom. The Hall–Kier alpha value is -2.75. The Morgan fingerprint density at radius 1 is 1.20 bits per heavy atom. The molecule has 7 nitrogen and oxygen atoms in total. The second-order valence-electron chi connectivity index (χ2n) is 6.25. The van der Waals surface area contributed by atoms with Crippen LogP contribution in [0.2, 0.25) is 0 Å². The van der Waals surface area contributed by atoms with Gasteiger partial charge in [-0.2, -0.15) is 5.26 Å². The molecule has 0 aromatic heterocycles. The van der Waals surface area contributed by atoms with Crippen molar-refractivity contribution in [3.8, 4) is 11.8 Å². The molecule has 0 bridgehead atoms. The van der Waals surface area contributed by atoms with E-state index in [0.29, 0.717) is 0 Å². The second kappa shape index (κ2) is 9.52. The number of benzene rings is 1. The summed E-state index contributed by atoms with van der Waals surface area (Å²) in [6.45, 7) is -0.114. The molecule has 1 fully saturated rings. The highest BCUT2D eigenvalue weighted by Gasteiger charge is 2.23. The molecule has 0 spiro atoms. The molecule has 134 valence electrons. The lowest BCUT2D eigenvalue weighted by Gasteiger charge is -2.25. The van der Waals surface area contributed by atoms with Crippen LogP contribution in [0.3, 0.4) is 0 Å². The van der Waals surface area contributed by atoms with E-state index < -0.39 is 11.9 Å². The van der Waals surface area contributed by atoms with Crippen LogP contribution in [0.1, 0.15) is 37.7 Å². The predicted octanol–water partition coefficient (Wildman–Crippen LogP) is 1.57. The van der Waals surface area contributed by atoms with Gasteiger partial charge in [-0.1, -0.05) is 31.4 Å². The SMILES string of the molecule is N#CCNC(=O)C(Cc1ccc(O)cc1)NC(=O)NC1CCCCC1. The van der Waals surface area contributed by atoms with Crippen LogP contribution in [0.25, 0.3) is 0 Å². The van der Waals surface area contributed by atoms with Crippen molar-refractivity contribution < 1.29 is 14.7 Å². The third-order valence-electron chi connectivity index (χ3n) is 4.28. The molecule has 1 aliphatic carbocycles. The molecule has 2 rings (SSSR count). The summed E-state index contributed by atoms with van der Waals surface area (Å²) in [6.07, 6.45) is 5.58. The van der Waals surface area contributed by atoms with Gasteiger partial charge < -0.3 is 21.1 Å². The number of rotatable bonds is 6. The van der Waals surface area contributed by atoms with Gasteiger partial charge in [-0.3, -0.25) is 4.79 Å². The minimum atomic E-state index is -0.790. The maximum atomic E-state index is 12.2. The molecule has 1 saturated carbocycles. The molecule has 1 aromatic rings. The van der Waals surface area contributed by atoms with E-state index in [9.17, 15) is 14.7 Å². The number of phenols is 1. The van der Waals surface area contributed by atoms with Gasteiger partial charge in [0.15, 0.2) is 0 Å². The molecule has 1 atom stereocenters. The highest BCUT2D eigenvalue weighted by atomic mass is 16.3. The Bertz CT molecular complexity index is 618. The first-order chi connectivity index (χ1) is 12.1. The van der Waals surface area contributed by atoms with Gasteiger partial charge >= 0.3 is 6.03 Å². The van der Waals surface area contributed by atoms with Crippen LogP contribution in [0.15, 0.2) is 24.3 Å². The van der Waals surface area contributed by atoms with Gasteiger partial charge in [0, 0.05) is 12.5 Å². The molecular formula is C18H24N4O3. The van der Waals surface area contributed by atoms with E-state index in [-0.39, 0.29) is 30.8 Å². The first-order valence-corrected chi connectivity index (χ1v) is 8.58. The van der Waals surface area contributed by atoms with Crippen LogP contribution < -0.4 is 16.0 Å². The summed E-state index contributed by atoms with van der Waals surface area (Å²) in [5, 5.41) is 26.1. The molecule has 1 aromatic carbocycles. The zero-order valence-corrected chi connectivity index (χ0v) is 14.1. The van der Waals surface area contributed by atoms with Gasteiger partial charge in [0.25, 0.3) is 0 Å². The third kappa shape index (κ3) is 6.34. The van der Waals surface area contributed by atoms with Crippen molar-refractivity contribution in [3.05, 3.63) is 29.8 Å². The average molecular weight is 344 g/mol. The highest BCUT2D eigenvalue weighted by Crippen LogP contribution is 2.17. The maximum absolute atomic E-state index is 12.2. The number of nitrogens with zero attached hydrogens (tertiary/aromatic N) is 1. The molecule has 1 unspecified atom stereocenters. The van der Waals surface area contributed by atoms with E-state index in [0.717, 1.165) is 31.2 Å². The van der Waals surface area contributed by atoms with Gasteiger partial charge in [-0.05, 0) is 30.5 Å². The number of aromatic hydroxyl groups is 1. The number of urea groups is 1. The smallest absolute Gasteiger partial charge is 0.315 e. The summed E-state index contributed by atoms with van der Waals surface area (Å²) in [7, 11) is 0. The standard InChI is InChI=1S/C18H24N4O3/c19-10-11-20-17(24)16(12-13-6-8-15(23)9-7-13)22-18(25)21-14-4-2-1-3-5-14/h6-9,14,16,23H,1-5,11-12H2,(H,20,24)(H2,21,22,25). The van der Waals surface area contributed by atoms with E-state index in [1.165, 1.54) is 18.6 Å². The normalized spacial score (nSPS) is 15.6. The number of hydrogen-bond donors (Lipinski definition) is 4. The van der Waals surface area contributed by atoms with Crippen LogP contribution in [-0.2, 0) is 11.2 Å². The molecule has 4 N–H and O–H groups in total. The number of nitriles is 1. The Kier molecular flexibility index (Phi) is 7.08. The number of nitrogens with one attached hydrogen (secondary N) is 3. The zero-order chi connectivity index (χ0) is 18.1. The first-order valence-electron chi connectivity index (χ1n) is 8.58. The molecule has 25 heavy (non-hydrogen) atoms. The Morgan fingerprint density at radius 2 is 1.88 bits per heavy atom. The summed E-state index contributed by atoms with van der Waals surface area (Å²) in [4.78, 5) is 24.5. The predicted molar refractivity (Wildman–Crippen MR) is 92.8 cm³/mol. The van der Waals surface area contributed by atoms with Crippen LogP contribution in [0.5, 0.6) is 5.75 Å². The van der Waals surface area contributed by atoms with Crippen molar-refractivity contribution in [2.75, 3.05) is 6.54 Å². The molecule has 7 heteroatoms. The summed E-state index contributed by atoms with van der Waals surface area (Å²) in [5.41, 5.74) is 0.799. The van der Waals surface area contributed by atoms with E-state index in [2.05, 4.69) is 16.0 Å². The van der Waals surface area contributed by atoms with E-state index in [4.69, 9.17) is 5.26 Å². The number of hydrogen-bond acceptors (Lipinski definition) is 4. The fourth-order valence-corrected chi connectivity index (χ4v) is 2.96.